The molecule has 0 saturated heterocycles. The fraction of sp³-hybridized carbons (Fsp3) is 0.167. The van der Waals surface area contributed by atoms with Gasteiger partial charge in [-0.2, -0.15) is 0 Å². The van der Waals surface area contributed by atoms with Crippen LogP contribution in [-0.4, -0.2) is 18.3 Å². The molecular formula is C18H13NO6. The van der Waals surface area contributed by atoms with Crippen molar-refractivity contribution in [3.8, 4) is 11.5 Å². The quantitative estimate of drug-likeness (QED) is 0.414. The average Bonchev–Trinajstić information content (AvgIpc) is 3.04. The highest BCUT2D eigenvalue weighted by atomic mass is 16.7. The van der Waals surface area contributed by atoms with Gasteiger partial charge < -0.3 is 13.9 Å². The molecule has 1 aliphatic rings. The van der Waals surface area contributed by atoms with E-state index in [1.54, 1.807) is 48.5 Å². The van der Waals surface area contributed by atoms with Crippen LogP contribution in [0.5, 0.6) is 11.5 Å². The number of benzene rings is 2. The van der Waals surface area contributed by atoms with Gasteiger partial charge in [0.2, 0.25) is 0 Å². The first kappa shape index (κ1) is 15.2. The molecule has 1 aromatic heterocycles. The minimum atomic E-state index is -1.39. The number of hydrogen-bond donors (Lipinski definition) is 0. The minimum Gasteiger partial charge on any atom is -0.497 e. The van der Waals surface area contributed by atoms with Crippen LogP contribution in [0.25, 0.3) is 11.0 Å². The Morgan fingerprint density at radius 1 is 1.12 bits per heavy atom. The van der Waals surface area contributed by atoms with Crippen molar-refractivity contribution in [3.05, 3.63) is 80.2 Å². The number of nitrogens with zero attached hydrogens (tertiary/aromatic N) is 1. The number of fused-ring (bicyclic) bond motifs is 3. The van der Waals surface area contributed by atoms with Crippen LogP contribution in [0.2, 0.25) is 0 Å². The molecule has 25 heavy (non-hydrogen) atoms. The summed E-state index contributed by atoms with van der Waals surface area (Å²) in [6, 6.07) is 13.6. The maximum atomic E-state index is 12.5. The van der Waals surface area contributed by atoms with Gasteiger partial charge in [-0.15, -0.1) is 0 Å². The summed E-state index contributed by atoms with van der Waals surface area (Å²) in [4.78, 5) is 23.5. The van der Waals surface area contributed by atoms with Crippen molar-refractivity contribution in [3.63, 3.8) is 0 Å². The topological polar surface area (TPSA) is 91.8 Å². The molecule has 7 nitrogen and oxygen atoms in total. The fourth-order valence-corrected chi connectivity index (χ4v) is 3.17. The molecule has 0 fully saturated rings. The van der Waals surface area contributed by atoms with Crippen LogP contribution in [0.15, 0.2) is 57.7 Å². The molecule has 7 heteroatoms. The van der Waals surface area contributed by atoms with Gasteiger partial charge in [0.15, 0.2) is 0 Å². The van der Waals surface area contributed by atoms with Gasteiger partial charge >= 0.3 is 11.9 Å². The number of hydrogen-bond acceptors (Lipinski definition) is 6. The van der Waals surface area contributed by atoms with Crippen molar-refractivity contribution in [2.24, 2.45) is 0 Å². The largest absolute Gasteiger partial charge is 0.497 e. The second kappa shape index (κ2) is 5.62. The van der Waals surface area contributed by atoms with Crippen LogP contribution < -0.4 is 15.1 Å². The zero-order valence-corrected chi connectivity index (χ0v) is 13.2. The number of nitro groups is 1. The van der Waals surface area contributed by atoms with Gasteiger partial charge in [-0.25, -0.2) is 4.79 Å². The molecule has 0 aliphatic carbocycles. The maximum absolute atomic E-state index is 12.5. The normalized spacial score (nSPS) is 18.6. The second-order valence-corrected chi connectivity index (χ2v) is 5.67. The summed E-state index contributed by atoms with van der Waals surface area (Å²) >= 11 is 0. The Balaban J connectivity index is 1.96. The van der Waals surface area contributed by atoms with Crippen molar-refractivity contribution in [2.75, 3.05) is 7.11 Å². The van der Waals surface area contributed by atoms with E-state index in [4.69, 9.17) is 13.9 Å². The zero-order valence-electron chi connectivity index (χ0n) is 13.2. The van der Waals surface area contributed by atoms with Crippen LogP contribution in [0.3, 0.4) is 0 Å². The standard InChI is InChI=1S/C18H13NO6/c1-23-11-8-6-10(7-9-11)14-15-16(25-17(14)19(21)22)12-4-2-3-5-13(12)24-18(15)20/h2-9,14,17H,1H3. The predicted molar refractivity (Wildman–Crippen MR) is 88.7 cm³/mol. The number of rotatable bonds is 3. The Hall–Kier alpha value is -3.35. The minimum absolute atomic E-state index is 0.172. The molecule has 2 atom stereocenters. The highest BCUT2D eigenvalue weighted by Gasteiger charge is 2.47. The molecule has 2 aromatic carbocycles. The van der Waals surface area contributed by atoms with Crippen molar-refractivity contribution in [1.29, 1.82) is 0 Å². The third-order valence-electron chi connectivity index (χ3n) is 4.32. The SMILES string of the molecule is COc1ccc(C2c3c(c4ccccc4oc3=O)OC2[N+](=O)[O-])cc1. The fourth-order valence-electron chi connectivity index (χ4n) is 3.17. The molecule has 0 spiro atoms. The van der Waals surface area contributed by atoms with E-state index in [0.717, 1.165) is 0 Å². The van der Waals surface area contributed by atoms with Crippen LogP contribution in [0, 0.1) is 10.1 Å². The molecule has 4 rings (SSSR count). The summed E-state index contributed by atoms with van der Waals surface area (Å²) in [7, 11) is 1.53. The van der Waals surface area contributed by atoms with E-state index < -0.39 is 22.7 Å². The van der Waals surface area contributed by atoms with Gasteiger partial charge in [0.25, 0.3) is 0 Å². The summed E-state index contributed by atoms with van der Waals surface area (Å²) in [5.74, 6) is -0.0165. The summed E-state index contributed by atoms with van der Waals surface area (Å²) < 4.78 is 16.1. The van der Waals surface area contributed by atoms with E-state index in [0.29, 0.717) is 22.3 Å². The van der Waals surface area contributed by atoms with Gasteiger partial charge in [0, 0.05) is 0 Å². The molecule has 3 aromatic rings. The second-order valence-electron chi connectivity index (χ2n) is 5.67. The van der Waals surface area contributed by atoms with Crippen molar-refractivity contribution >= 4 is 11.0 Å². The molecule has 126 valence electrons. The average molecular weight is 339 g/mol. The van der Waals surface area contributed by atoms with E-state index in [1.165, 1.54) is 7.11 Å². The Morgan fingerprint density at radius 3 is 2.52 bits per heavy atom. The van der Waals surface area contributed by atoms with Gasteiger partial charge in [-0.05, 0) is 29.8 Å². The first-order chi connectivity index (χ1) is 12.1. The Bertz CT molecular complexity index is 1020. The molecule has 1 aliphatic heterocycles. The number of methoxy groups -OCH3 is 1. The third-order valence-corrected chi connectivity index (χ3v) is 4.32. The van der Waals surface area contributed by atoms with Crippen LogP contribution in [0.1, 0.15) is 17.0 Å². The Kier molecular flexibility index (Phi) is 3.42. The monoisotopic (exact) mass is 339 g/mol. The van der Waals surface area contributed by atoms with Gasteiger partial charge in [0.1, 0.15) is 23.0 Å². The molecule has 2 unspecified atom stereocenters. The van der Waals surface area contributed by atoms with Gasteiger partial charge in [0.05, 0.1) is 23.0 Å². The van der Waals surface area contributed by atoms with Gasteiger partial charge in [-0.1, -0.05) is 24.3 Å². The molecule has 0 amide bonds. The highest BCUT2D eigenvalue weighted by Crippen LogP contribution is 2.44. The zero-order chi connectivity index (χ0) is 17.6. The molecule has 0 radical (unpaired) electrons. The first-order valence-electron chi connectivity index (χ1n) is 7.60. The molecule has 0 N–H and O–H groups in total. The molecule has 0 bridgehead atoms. The lowest BCUT2D eigenvalue weighted by atomic mass is 9.91. The summed E-state index contributed by atoms with van der Waals surface area (Å²) in [5, 5.41) is 12.1. The lowest BCUT2D eigenvalue weighted by Gasteiger charge is -2.12. The van der Waals surface area contributed by atoms with E-state index in [1.807, 2.05) is 0 Å². The maximum Gasteiger partial charge on any atom is 0.365 e. The van der Waals surface area contributed by atoms with Crippen molar-refractivity contribution in [1.82, 2.24) is 0 Å². The molecular weight excluding hydrogens is 326 g/mol. The lowest BCUT2D eigenvalue weighted by Crippen LogP contribution is -2.29. The summed E-state index contributed by atoms with van der Waals surface area (Å²) in [5.41, 5.74) is 0.469. The van der Waals surface area contributed by atoms with Crippen LogP contribution in [-0.2, 0) is 0 Å². The van der Waals surface area contributed by atoms with Crippen molar-refractivity contribution in [2.45, 2.75) is 12.1 Å². The van der Waals surface area contributed by atoms with E-state index >= 15 is 0 Å². The van der Waals surface area contributed by atoms with E-state index in [-0.39, 0.29) is 11.3 Å². The summed E-state index contributed by atoms with van der Waals surface area (Å²) in [6.45, 7) is 0. The number of ether oxygens (including phenoxy) is 2. The Labute approximate surface area is 141 Å². The van der Waals surface area contributed by atoms with E-state index in [2.05, 4.69) is 0 Å². The van der Waals surface area contributed by atoms with Crippen LogP contribution >= 0.6 is 0 Å². The Morgan fingerprint density at radius 2 is 1.84 bits per heavy atom. The predicted octanol–water partition coefficient (Wildman–Crippen LogP) is 2.93. The molecule has 0 saturated carbocycles. The van der Waals surface area contributed by atoms with Gasteiger partial charge in [-0.3, -0.25) is 10.1 Å². The lowest BCUT2D eigenvalue weighted by molar-refractivity contribution is -0.561. The smallest absolute Gasteiger partial charge is 0.365 e. The van der Waals surface area contributed by atoms with Crippen molar-refractivity contribution < 1.29 is 18.8 Å². The van der Waals surface area contributed by atoms with Crippen LogP contribution in [0.4, 0.5) is 0 Å². The summed E-state index contributed by atoms with van der Waals surface area (Å²) in [6.07, 6.45) is -1.39. The number of para-hydroxylation sites is 1. The van der Waals surface area contributed by atoms with E-state index in [9.17, 15) is 14.9 Å². The third kappa shape index (κ3) is 2.32. The molecule has 2 heterocycles. The highest BCUT2D eigenvalue weighted by molar-refractivity contribution is 5.85. The first-order valence-corrected chi connectivity index (χ1v) is 7.60.